The van der Waals surface area contributed by atoms with Gasteiger partial charge in [-0.15, -0.1) is 34.2 Å². The molecular weight excluding hydrogens is 465 g/mol. The molecule has 0 amide bonds. The van der Waals surface area contributed by atoms with E-state index in [1.165, 1.54) is 6.07 Å². The van der Waals surface area contributed by atoms with E-state index in [1.54, 1.807) is 0 Å². The van der Waals surface area contributed by atoms with Gasteiger partial charge in [-0.1, -0.05) is 6.07 Å². The van der Waals surface area contributed by atoms with Gasteiger partial charge in [0.05, 0.1) is 0 Å². The molecule has 0 unspecified atom stereocenters. The Morgan fingerprint density at radius 2 is 2.00 bits per heavy atom. The van der Waals surface area contributed by atoms with E-state index in [0.29, 0.717) is 43.4 Å². The maximum absolute atomic E-state index is 13.7. The van der Waals surface area contributed by atoms with Crippen molar-refractivity contribution >= 4 is 35.6 Å². The second-order valence-electron chi connectivity index (χ2n) is 5.65. The van der Waals surface area contributed by atoms with Crippen molar-refractivity contribution in [3.63, 3.8) is 0 Å². The minimum absolute atomic E-state index is 0. The minimum atomic E-state index is -0.444. The van der Waals surface area contributed by atoms with E-state index in [2.05, 4.69) is 25.8 Å². The molecule has 0 fully saturated rings. The fourth-order valence-corrected chi connectivity index (χ4v) is 2.54. The molecule has 3 aromatic rings. The van der Waals surface area contributed by atoms with Gasteiger partial charge in [0, 0.05) is 19.3 Å². The predicted octanol–water partition coefficient (Wildman–Crippen LogP) is 2.92. The first kappa shape index (κ1) is 21.0. The van der Waals surface area contributed by atoms with Gasteiger partial charge >= 0.3 is 0 Å². The first-order valence-electron chi connectivity index (χ1n) is 8.42. The molecule has 0 saturated heterocycles. The van der Waals surface area contributed by atoms with E-state index in [9.17, 15) is 8.78 Å². The van der Waals surface area contributed by atoms with Crippen molar-refractivity contribution in [2.45, 2.75) is 19.9 Å². The van der Waals surface area contributed by atoms with Crippen LogP contribution in [0.15, 0.2) is 47.6 Å². The van der Waals surface area contributed by atoms with Crippen LogP contribution in [-0.2, 0) is 13.0 Å². The molecule has 27 heavy (non-hydrogen) atoms. The number of benzene rings is 1. The van der Waals surface area contributed by atoms with Crippen LogP contribution in [0.2, 0.25) is 0 Å². The largest absolute Gasteiger partial charge is 0.357 e. The second-order valence-corrected chi connectivity index (χ2v) is 5.65. The number of guanidine groups is 1. The van der Waals surface area contributed by atoms with Gasteiger partial charge in [0.2, 0.25) is 0 Å². The number of hydrogen-bond donors (Lipinski definition) is 2. The summed E-state index contributed by atoms with van der Waals surface area (Å²) < 4.78 is 28.8. The molecule has 0 radical (unpaired) electrons. The van der Waals surface area contributed by atoms with Crippen LogP contribution in [-0.4, -0.2) is 33.6 Å². The fraction of sp³-hybridized carbons (Fsp3) is 0.278. The Hall–Kier alpha value is -2.30. The van der Waals surface area contributed by atoms with Gasteiger partial charge in [0.1, 0.15) is 18.2 Å². The number of halogens is 3. The molecule has 1 aromatic carbocycles. The summed E-state index contributed by atoms with van der Waals surface area (Å²) in [6.45, 7) is 3.40. The minimum Gasteiger partial charge on any atom is -0.357 e. The van der Waals surface area contributed by atoms with Gasteiger partial charge in [-0.05, 0) is 49.2 Å². The van der Waals surface area contributed by atoms with Crippen molar-refractivity contribution in [2.75, 3.05) is 13.1 Å². The molecule has 144 valence electrons. The molecule has 0 aliphatic heterocycles. The Balaban J connectivity index is 0.00000261. The van der Waals surface area contributed by atoms with Crippen LogP contribution < -0.4 is 10.6 Å². The number of fused-ring (bicyclic) bond motifs is 1. The van der Waals surface area contributed by atoms with E-state index in [0.717, 1.165) is 17.8 Å². The van der Waals surface area contributed by atoms with Crippen LogP contribution in [0, 0.1) is 11.6 Å². The van der Waals surface area contributed by atoms with Crippen molar-refractivity contribution < 1.29 is 8.78 Å². The molecule has 0 aliphatic carbocycles. The second kappa shape index (κ2) is 10.1. The van der Waals surface area contributed by atoms with E-state index < -0.39 is 11.6 Å². The molecule has 6 nitrogen and oxygen atoms in total. The van der Waals surface area contributed by atoms with Crippen molar-refractivity contribution in [1.29, 1.82) is 0 Å². The van der Waals surface area contributed by atoms with Gasteiger partial charge in [-0.25, -0.2) is 13.8 Å². The standard InChI is InChI=1S/C18H20F2N6.HI/c1-2-21-18(22-9-8-13-11-14(19)6-7-15(13)20)23-12-17-25-24-16-5-3-4-10-26(16)17;/h3-7,10-11H,2,8-9,12H2,1H3,(H2,21,22,23);1H. The highest BCUT2D eigenvalue weighted by atomic mass is 127. The van der Waals surface area contributed by atoms with Crippen molar-refractivity contribution in [2.24, 2.45) is 4.99 Å². The summed E-state index contributed by atoms with van der Waals surface area (Å²) in [4.78, 5) is 4.48. The number of pyridine rings is 1. The lowest BCUT2D eigenvalue weighted by Crippen LogP contribution is -2.38. The third kappa shape index (κ3) is 5.59. The average Bonchev–Trinajstić information content (AvgIpc) is 3.06. The third-order valence-electron chi connectivity index (χ3n) is 3.80. The van der Waals surface area contributed by atoms with E-state index in [1.807, 2.05) is 35.7 Å². The zero-order chi connectivity index (χ0) is 18.4. The first-order chi connectivity index (χ1) is 12.7. The number of aromatic nitrogens is 3. The summed E-state index contributed by atoms with van der Waals surface area (Å²) >= 11 is 0. The Morgan fingerprint density at radius 3 is 2.81 bits per heavy atom. The molecule has 2 N–H and O–H groups in total. The van der Waals surface area contributed by atoms with Crippen LogP contribution in [0.5, 0.6) is 0 Å². The monoisotopic (exact) mass is 486 g/mol. The summed E-state index contributed by atoms with van der Waals surface area (Å²) in [5.74, 6) is 0.441. The fourth-order valence-electron chi connectivity index (χ4n) is 2.54. The maximum atomic E-state index is 13.7. The molecule has 2 aromatic heterocycles. The topological polar surface area (TPSA) is 66.6 Å². The summed E-state index contributed by atoms with van der Waals surface area (Å²) in [5, 5.41) is 14.5. The highest BCUT2D eigenvalue weighted by Gasteiger charge is 2.06. The van der Waals surface area contributed by atoms with Crippen LogP contribution in [0.3, 0.4) is 0 Å². The highest BCUT2D eigenvalue weighted by Crippen LogP contribution is 2.09. The molecule has 0 aliphatic rings. The first-order valence-corrected chi connectivity index (χ1v) is 8.42. The number of hydrogen-bond acceptors (Lipinski definition) is 3. The molecular formula is C18H21F2IN6. The highest BCUT2D eigenvalue weighted by molar-refractivity contribution is 14.0. The van der Waals surface area contributed by atoms with Crippen LogP contribution >= 0.6 is 24.0 Å². The lowest BCUT2D eigenvalue weighted by Gasteiger charge is -2.11. The SMILES string of the molecule is CCNC(=NCc1nnc2ccccn12)NCCc1cc(F)ccc1F.I. The predicted molar refractivity (Wildman–Crippen MR) is 111 cm³/mol. The molecule has 0 spiro atoms. The maximum Gasteiger partial charge on any atom is 0.191 e. The number of rotatable bonds is 6. The molecule has 3 rings (SSSR count). The normalized spacial score (nSPS) is 11.3. The molecule has 0 atom stereocenters. The van der Waals surface area contributed by atoms with Gasteiger partial charge in [0.15, 0.2) is 17.4 Å². The van der Waals surface area contributed by atoms with Crippen molar-refractivity contribution in [1.82, 2.24) is 25.2 Å². The lowest BCUT2D eigenvalue weighted by molar-refractivity contribution is 0.583. The number of nitrogens with zero attached hydrogens (tertiary/aromatic N) is 4. The van der Waals surface area contributed by atoms with E-state index in [-0.39, 0.29) is 24.0 Å². The Labute approximate surface area is 173 Å². The lowest BCUT2D eigenvalue weighted by atomic mass is 10.1. The van der Waals surface area contributed by atoms with Gasteiger partial charge < -0.3 is 10.6 Å². The summed E-state index contributed by atoms with van der Waals surface area (Å²) in [6.07, 6.45) is 2.23. The smallest absolute Gasteiger partial charge is 0.191 e. The van der Waals surface area contributed by atoms with Crippen LogP contribution in [0.1, 0.15) is 18.3 Å². The van der Waals surface area contributed by atoms with Crippen molar-refractivity contribution in [3.05, 3.63) is 65.6 Å². The summed E-state index contributed by atoms with van der Waals surface area (Å²) in [7, 11) is 0. The van der Waals surface area contributed by atoms with E-state index >= 15 is 0 Å². The zero-order valence-corrected chi connectivity index (χ0v) is 17.2. The van der Waals surface area contributed by atoms with Crippen molar-refractivity contribution in [3.8, 4) is 0 Å². The Bertz CT molecular complexity index is 912. The summed E-state index contributed by atoms with van der Waals surface area (Å²) in [5.41, 5.74) is 1.09. The Kier molecular flexibility index (Phi) is 7.89. The quantitative estimate of drug-likeness (QED) is 0.320. The van der Waals surface area contributed by atoms with Gasteiger partial charge in [-0.3, -0.25) is 4.40 Å². The third-order valence-corrected chi connectivity index (χ3v) is 3.80. The molecule has 9 heteroatoms. The van der Waals surface area contributed by atoms with Crippen LogP contribution in [0.25, 0.3) is 5.65 Å². The molecule has 0 saturated carbocycles. The zero-order valence-electron chi connectivity index (χ0n) is 14.8. The number of aliphatic imine (C=N–C) groups is 1. The number of nitrogens with one attached hydrogen (secondary N) is 2. The Morgan fingerprint density at radius 1 is 1.15 bits per heavy atom. The summed E-state index contributed by atoms with van der Waals surface area (Å²) in [6, 6.07) is 9.14. The average molecular weight is 486 g/mol. The van der Waals surface area contributed by atoms with Gasteiger partial charge in [-0.2, -0.15) is 0 Å². The van der Waals surface area contributed by atoms with Gasteiger partial charge in [0.25, 0.3) is 0 Å². The van der Waals surface area contributed by atoms with E-state index in [4.69, 9.17) is 0 Å². The molecule has 0 bridgehead atoms. The molecule has 2 heterocycles. The van der Waals surface area contributed by atoms with Crippen LogP contribution in [0.4, 0.5) is 8.78 Å².